The molecule has 0 aromatic heterocycles. The van der Waals surface area contributed by atoms with Crippen LogP contribution in [-0.2, 0) is 0 Å². The van der Waals surface area contributed by atoms with Crippen LogP contribution in [-0.4, -0.2) is 23.4 Å². The molecule has 0 heterocycles. The Labute approximate surface area is 62.2 Å². The highest BCUT2D eigenvalue weighted by atomic mass is 16.3. The molecule has 0 rings (SSSR count). The maximum Gasteiger partial charge on any atom is 0.0641 e. The minimum Gasteiger partial charge on any atom is -0.396 e. The van der Waals surface area contributed by atoms with Crippen LogP contribution >= 0.6 is 0 Å². The van der Waals surface area contributed by atoms with Gasteiger partial charge in [-0.2, -0.15) is 0 Å². The monoisotopic (exact) mass is 144 g/mol. The van der Waals surface area contributed by atoms with Crippen LogP contribution in [0.1, 0.15) is 13.8 Å². The van der Waals surface area contributed by atoms with E-state index >= 15 is 0 Å². The van der Waals surface area contributed by atoms with Crippen molar-refractivity contribution in [2.45, 2.75) is 13.8 Å². The summed E-state index contributed by atoms with van der Waals surface area (Å²) in [6.45, 7) is 7.75. The Balaban J connectivity index is 3.81. The van der Waals surface area contributed by atoms with Gasteiger partial charge in [0.25, 0.3) is 0 Å². The third kappa shape index (κ3) is 2.50. The lowest BCUT2D eigenvalue weighted by molar-refractivity contribution is 0.199. The van der Waals surface area contributed by atoms with Crippen molar-refractivity contribution in [2.75, 3.05) is 13.2 Å². The third-order valence-electron chi connectivity index (χ3n) is 1.99. The fraction of sp³-hybridized carbons (Fsp3) is 0.750. The van der Waals surface area contributed by atoms with E-state index in [1.54, 1.807) is 0 Å². The Bertz CT molecular complexity index is 110. The molecule has 0 aliphatic rings. The fourth-order valence-corrected chi connectivity index (χ4v) is 0.704. The topological polar surface area (TPSA) is 40.5 Å². The fourth-order valence-electron chi connectivity index (χ4n) is 0.704. The first-order valence-corrected chi connectivity index (χ1v) is 3.52. The molecule has 2 nitrogen and oxygen atoms in total. The average molecular weight is 144 g/mol. The zero-order valence-corrected chi connectivity index (χ0v) is 6.67. The lowest BCUT2D eigenvalue weighted by atomic mass is 9.91. The molecule has 0 aromatic carbocycles. The molecule has 0 saturated carbocycles. The molecule has 0 aromatic rings. The molecule has 10 heavy (non-hydrogen) atoms. The van der Waals surface area contributed by atoms with Gasteiger partial charge >= 0.3 is 0 Å². The molecule has 60 valence electrons. The highest BCUT2D eigenvalue weighted by Crippen LogP contribution is 2.17. The summed E-state index contributed by atoms with van der Waals surface area (Å²) < 4.78 is 0. The number of aliphatic hydroxyl groups excluding tert-OH is 2. The van der Waals surface area contributed by atoms with Crippen molar-refractivity contribution in [1.29, 1.82) is 0 Å². The molecule has 0 aliphatic heterocycles. The van der Waals surface area contributed by atoms with Gasteiger partial charge in [-0.3, -0.25) is 0 Å². The standard InChI is InChI=1S/C8H16O2/c1-6(4-9)8(3)7(2)5-10/h7-10H,1,4-5H2,2-3H3/t7-,8-/m1/s1. The van der Waals surface area contributed by atoms with Crippen LogP contribution in [0.15, 0.2) is 12.2 Å². The van der Waals surface area contributed by atoms with Crippen LogP contribution in [0.25, 0.3) is 0 Å². The van der Waals surface area contributed by atoms with Crippen molar-refractivity contribution in [1.82, 2.24) is 0 Å². The summed E-state index contributed by atoms with van der Waals surface area (Å²) in [4.78, 5) is 0. The molecule has 0 aliphatic carbocycles. The number of aliphatic hydroxyl groups is 2. The Kier molecular flexibility index (Phi) is 4.32. The highest BCUT2D eigenvalue weighted by molar-refractivity contribution is 5.00. The molecule has 0 unspecified atom stereocenters. The van der Waals surface area contributed by atoms with Gasteiger partial charge in [0.05, 0.1) is 6.61 Å². The van der Waals surface area contributed by atoms with E-state index in [0.29, 0.717) is 0 Å². The van der Waals surface area contributed by atoms with Gasteiger partial charge in [0.15, 0.2) is 0 Å². The molecular weight excluding hydrogens is 128 g/mol. The van der Waals surface area contributed by atoms with Crippen molar-refractivity contribution in [3.8, 4) is 0 Å². The van der Waals surface area contributed by atoms with Crippen LogP contribution < -0.4 is 0 Å². The molecule has 0 fully saturated rings. The first-order chi connectivity index (χ1) is 4.63. The predicted molar refractivity (Wildman–Crippen MR) is 41.6 cm³/mol. The summed E-state index contributed by atoms with van der Waals surface area (Å²) in [5.41, 5.74) is 0.793. The Morgan fingerprint density at radius 2 is 1.90 bits per heavy atom. The zero-order valence-electron chi connectivity index (χ0n) is 6.67. The maximum atomic E-state index is 8.73. The Morgan fingerprint density at radius 1 is 1.40 bits per heavy atom. The van der Waals surface area contributed by atoms with Gasteiger partial charge in [0.1, 0.15) is 0 Å². The van der Waals surface area contributed by atoms with E-state index in [9.17, 15) is 0 Å². The Hall–Kier alpha value is -0.340. The molecule has 0 bridgehead atoms. The number of hydrogen-bond acceptors (Lipinski definition) is 2. The van der Waals surface area contributed by atoms with Crippen molar-refractivity contribution in [3.05, 3.63) is 12.2 Å². The van der Waals surface area contributed by atoms with Crippen LogP contribution in [0.3, 0.4) is 0 Å². The lowest BCUT2D eigenvalue weighted by Crippen LogP contribution is -2.15. The highest BCUT2D eigenvalue weighted by Gasteiger charge is 2.12. The van der Waals surface area contributed by atoms with Gasteiger partial charge in [0.2, 0.25) is 0 Å². The largest absolute Gasteiger partial charge is 0.396 e. The van der Waals surface area contributed by atoms with Crippen LogP contribution in [0, 0.1) is 11.8 Å². The summed E-state index contributed by atoms with van der Waals surface area (Å²) in [5.74, 6) is 0.398. The van der Waals surface area contributed by atoms with Crippen molar-refractivity contribution in [2.24, 2.45) is 11.8 Å². The average Bonchev–Trinajstić information content (AvgIpc) is 2.00. The van der Waals surface area contributed by atoms with E-state index in [2.05, 4.69) is 6.58 Å². The lowest BCUT2D eigenvalue weighted by Gasteiger charge is -2.18. The molecular formula is C8H16O2. The zero-order chi connectivity index (χ0) is 8.15. The van der Waals surface area contributed by atoms with E-state index in [4.69, 9.17) is 10.2 Å². The Morgan fingerprint density at radius 3 is 2.20 bits per heavy atom. The second-order valence-electron chi connectivity index (χ2n) is 2.76. The van der Waals surface area contributed by atoms with Gasteiger partial charge < -0.3 is 10.2 Å². The quantitative estimate of drug-likeness (QED) is 0.573. The predicted octanol–water partition coefficient (Wildman–Crippen LogP) is 0.799. The second-order valence-corrected chi connectivity index (χ2v) is 2.76. The van der Waals surface area contributed by atoms with E-state index in [1.165, 1.54) is 0 Å². The minimum atomic E-state index is 0.0194. The van der Waals surface area contributed by atoms with Crippen molar-refractivity contribution >= 4 is 0 Å². The van der Waals surface area contributed by atoms with E-state index < -0.39 is 0 Å². The molecule has 0 radical (unpaired) electrons. The van der Waals surface area contributed by atoms with Crippen LogP contribution in [0.2, 0.25) is 0 Å². The van der Waals surface area contributed by atoms with Gasteiger partial charge in [-0.1, -0.05) is 20.4 Å². The van der Waals surface area contributed by atoms with Gasteiger partial charge in [-0.15, -0.1) is 0 Å². The van der Waals surface area contributed by atoms with E-state index in [1.807, 2.05) is 13.8 Å². The first-order valence-electron chi connectivity index (χ1n) is 3.52. The van der Waals surface area contributed by atoms with Crippen LogP contribution in [0.5, 0.6) is 0 Å². The number of rotatable bonds is 4. The van der Waals surface area contributed by atoms with Crippen LogP contribution in [0.4, 0.5) is 0 Å². The molecule has 0 spiro atoms. The normalized spacial score (nSPS) is 16.4. The first kappa shape index (κ1) is 9.66. The second kappa shape index (κ2) is 4.47. The molecule has 2 atom stereocenters. The van der Waals surface area contributed by atoms with Crippen molar-refractivity contribution in [3.63, 3.8) is 0 Å². The summed E-state index contributed by atoms with van der Waals surface area (Å²) in [7, 11) is 0. The molecule has 2 heteroatoms. The maximum absolute atomic E-state index is 8.73. The van der Waals surface area contributed by atoms with Crippen molar-refractivity contribution < 1.29 is 10.2 Å². The van der Waals surface area contributed by atoms with Gasteiger partial charge in [-0.05, 0) is 17.4 Å². The smallest absolute Gasteiger partial charge is 0.0641 e. The molecule has 2 N–H and O–H groups in total. The summed E-state index contributed by atoms with van der Waals surface area (Å²) in [6.07, 6.45) is 0. The summed E-state index contributed by atoms with van der Waals surface area (Å²) >= 11 is 0. The SMILES string of the molecule is C=C(CO)[C@@H](C)[C@H](C)CO. The van der Waals surface area contributed by atoms with Gasteiger partial charge in [-0.25, -0.2) is 0 Å². The number of hydrogen-bond donors (Lipinski definition) is 2. The molecule has 0 amide bonds. The molecule has 0 saturated heterocycles. The third-order valence-corrected chi connectivity index (χ3v) is 1.99. The summed E-state index contributed by atoms with van der Waals surface area (Å²) in [5, 5.41) is 17.4. The van der Waals surface area contributed by atoms with E-state index in [-0.39, 0.29) is 25.0 Å². The van der Waals surface area contributed by atoms with Gasteiger partial charge in [0, 0.05) is 6.61 Å². The minimum absolute atomic E-state index is 0.0194. The summed E-state index contributed by atoms with van der Waals surface area (Å²) in [6, 6.07) is 0. The van der Waals surface area contributed by atoms with E-state index in [0.717, 1.165) is 5.57 Å².